The second-order valence-corrected chi connectivity index (χ2v) is 4.43. The van der Waals surface area contributed by atoms with Crippen LogP contribution in [0, 0.1) is 22.7 Å². The van der Waals surface area contributed by atoms with Crippen molar-refractivity contribution < 1.29 is 19.4 Å². The molecule has 1 aromatic heterocycles. The average Bonchev–Trinajstić information content (AvgIpc) is 2.89. The number of nitrogens with zero attached hydrogens (tertiary/aromatic N) is 3. The quantitative estimate of drug-likeness (QED) is 0.813. The predicted molar refractivity (Wildman–Crippen MR) is 77.9 cm³/mol. The Kier molecular flexibility index (Phi) is 4.01. The van der Waals surface area contributed by atoms with Gasteiger partial charge in [-0.3, -0.25) is 0 Å². The third-order valence-electron chi connectivity index (χ3n) is 3.16. The summed E-state index contributed by atoms with van der Waals surface area (Å²) < 4.78 is 5.78. The topological polar surface area (TPSA) is 142 Å². The molecule has 0 unspecified atom stereocenters. The number of carboxylic acid groups (broad SMARTS) is 1. The van der Waals surface area contributed by atoms with Crippen molar-refractivity contribution in [2.45, 2.75) is 0 Å². The van der Waals surface area contributed by atoms with Crippen LogP contribution in [-0.2, 0) is 4.74 Å². The van der Waals surface area contributed by atoms with Crippen LogP contribution < -0.4 is 5.73 Å². The lowest BCUT2D eigenvalue weighted by Gasteiger charge is -2.11. The predicted octanol–water partition coefficient (Wildman–Crippen LogP) is 1.29. The number of anilines is 1. The van der Waals surface area contributed by atoms with Crippen molar-refractivity contribution in [3.8, 4) is 17.8 Å². The largest absolute Gasteiger partial charge is 0.478 e. The number of nitrogens with two attached hydrogens (primary N) is 1. The number of esters is 1. The van der Waals surface area contributed by atoms with E-state index in [1.54, 1.807) is 0 Å². The molecule has 8 nitrogen and oxygen atoms in total. The van der Waals surface area contributed by atoms with E-state index in [2.05, 4.69) is 4.74 Å². The molecule has 0 fully saturated rings. The van der Waals surface area contributed by atoms with Crippen molar-refractivity contribution in [2.75, 3.05) is 12.8 Å². The number of benzene rings is 1. The lowest BCUT2D eigenvalue weighted by Crippen LogP contribution is -2.13. The van der Waals surface area contributed by atoms with Crippen LogP contribution >= 0.6 is 0 Å². The van der Waals surface area contributed by atoms with Crippen molar-refractivity contribution in [3.63, 3.8) is 0 Å². The third-order valence-corrected chi connectivity index (χ3v) is 3.16. The Labute approximate surface area is 130 Å². The fraction of sp³-hybridized carbons (Fsp3) is 0.0667. The zero-order chi connectivity index (χ0) is 17.1. The Morgan fingerprint density at radius 3 is 2.52 bits per heavy atom. The van der Waals surface area contributed by atoms with Gasteiger partial charge in [0.25, 0.3) is 0 Å². The first-order valence-corrected chi connectivity index (χ1v) is 6.21. The molecule has 1 heterocycles. The number of nitriles is 2. The summed E-state index contributed by atoms with van der Waals surface area (Å²) in [5.74, 6) is -2.09. The number of aromatic carboxylic acids is 1. The highest BCUT2D eigenvalue weighted by molar-refractivity contribution is 5.98. The standard InChI is InChI=1S/C15H10N4O4/c1-23-15(22)13-12(18)9(6-17)7-19(13)11-4-8(5-16)2-3-10(11)14(20)21/h2-4,7H,18H2,1H3,(H,20,21). The number of hydrogen-bond acceptors (Lipinski definition) is 6. The van der Waals surface area contributed by atoms with Crippen LogP contribution in [0.1, 0.15) is 32.0 Å². The van der Waals surface area contributed by atoms with Gasteiger partial charge in [-0.15, -0.1) is 0 Å². The molecule has 0 radical (unpaired) electrons. The van der Waals surface area contributed by atoms with Gasteiger partial charge in [0.05, 0.1) is 41.2 Å². The minimum absolute atomic E-state index is 0.0101. The van der Waals surface area contributed by atoms with Crippen LogP contribution in [0.15, 0.2) is 24.4 Å². The number of carbonyl (C=O) groups excluding carboxylic acids is 1. The van der Waals surface area contributed by atoms with E-state index in [4.69, 9.17) is 16.3 Å². The molecule has 0 saturated heterocycles. The molecule has 0 atom stereocenters. The molecule has 0 aliphatic rings. The second kappa shape index (κ2) is 5.92. The van der Waals surface area contributed by atoms with Gasteiger partial charge >= 0.3 is 11.9 Å². The number of ether oxygens (including phenoxy) is 1. The van der Waals surface area contributed by atoms with Crippen LogP contribution in [0.2, 0.25) is 0 Å². The van der Waals surface area contributed by atoms with Crippen LogP contribution in [0.4, 0.5) is 5.69 Å². The van der Waals surface area contributed by atoms with Crippen molar-refractivity contribution in [1.82, 2.24) is 4.57 Å². The van der Waals surface area contributed by atoms with Gasteiger partial charge in [0.15, 0.2) is 5.69 Å². The van der Waals surface area contributed by atoms with E-state index < -0.39 is 11.9 Å². The maximum atomic E-state index is 11.9. The molecule has 2 rings (SSSR count). The zero-order valence-corrected chi connectivity index (χ0v) is 11.9. The van der Waals surface area contributed by atoms with Crippen molar-refractivity contribution in [3.05, 3.63) is 46.8 Å². The molecule has 2 aromatic rings. The third kappa shape index (κ3) is 2.57. The van der Waals surface area contributed by atoms with Gasteiger partial charge in [-0.2, -0.15) is 10.5 Å². The fourth-order valence-corrected chi connectivity index (χ4v) is 2.09. The molecule has 8 heteroatoms. The molecular weight excluding hydrogens is 300 g/mol. The van der Waals surface area contributed by atoms with Crippen LogP contribution in [0.3, 0.4) is 0 Å². The lowest BCUT2D eigenvalue weighted by molar-refractivity contribution is 0.0591. The van der Waals surface area contributed by atoms with Gasteiger partial charge in [0.1, 0.15) is 6.07 Å². The number of hydrogen-bond donors (Lipinski definition) is 2. The number of aromatic nitrogens is 1. The minimum atomic E-state index is -1.26. The molecule has 0 saturated carbocycles. The normalized spacial score (nSPS) is 9.70. The van der Waals surface area contributed by atoms with Crippen LogP contribution in [-0.4, -0.2) is 28.7 Å². The fourth-order valence-electron chi connectivity index (χ4n) is 2.09. The van der Waals surface area contributed by atoms with Crippen molar-refractivity contribution in [1.29, 1.82) is 10.5 Å². The molecule has 23 heavy (non-hydrogen) atoms. The highest BCUT2D eigenvalue weighted by atomic mass is 16.5. The van der Waals surface area contributed by atoms with Gasteiger partial charge in [0, 0.05) is 6.20 Å². The number of carbonyl (C=O) groups is 2. The monoisotopic (exact) mass is 310 g/mol. The van der Waals surface area contributed by atoms with Crippen LogP contribution in [0.25, 0.3) is 5.69 Å². The molecule has 0 aliphatic carbocycles. The smallest absolute Gasteiger partial charge is 0.357 e. The van der Waals surface area contributed by atoms with E-state index in [0.29, 0.717) is 0 Å². The van der Waals surface area contributed by atoms with Gasteiger partial charge in [-0.25, -0.2) is 9.59 Å². The highest BCUT2D eigenvalue weighted by Gasteiger charge is 2.24. The number of rotatable bonds is 3. The first-order valence-electron chi connectivity index (χ1n) is 6.21. The molecule has 1 aromatic carbocycles. The van der Waals surface area contributed by atoms with Gasteiger partial charge in [0.2, 0.25) is 0 Å². The SMILES string of the molecule is COC(=O)c1c(N)c(C#N)cn1-c1cc(C#N)ccc1C(=O)O. The number of methoxy groups -OCH3 is 1. The molecule has 0 bridgehead atoms. The lowest BCUT2D eigenvalue weighted by atomic mass is 10.1. The molecule has 114 valence electrons. The second-order valence-electron chi connectivity index (χ2n) is 4.43. The minimum Gasteiger partial charge on any atom is -0.478 e. The number of carboxylic acids is 1. The van der Waals surface area contributed by atoms with Crippen molar-refractivity contribution in [2.24, 2.45) is 0 Å². The van der Waals surface area contributed by atoms with E-state index >= 15 is 0 Å². The van der Waals surface area contributed by atoms with E-state index in [1.807, 2.05) is 12.1 Å². The van der Waals surface area contributed by atoms with Crippen molar-refractivity contribution >= 4 is 17.6 Å². The highest BCUT2D eigenvalue weighted by Crippen LogP contribution is 2.27. The van der Waals surface area contributed by atoms with Gasteiger partial charge in [-0.05, 0) is 18.2 Å². The Bertz CT molecular complexity index is 899. The summed E-state index contributed by atoms with van der Waals surface area (Å²) in [4.78, 5) is 23.3. The summed E-state index contributed by atoms with van der Waals surface area (Å²) in [7, 11) is 1.13. The summed E-state index contributed by atoms with van der Waals surface area (Å²) in [6.07, 6.45) is 1.23. The summed E-state index contributed by atoms with van der Waals surface area (Å²) in [5, 5.41) is 27.4. The zero-order valence-electron chi connectivity index (χ0n) is 11.9. The molecular formula is C15H10N4O4. The molecule has 0 spiro atoms. The van der Waals surface area contributed by atoms with E-state index in [1.165, 1.54) is 24.4 Å². The summed E-state index contributed by atoms with van der Waals surface area (Å²) in [6.45, 7) is 0. The molecule has 0 amide bonds. The van der Waals surface area contributed by atoms with Gasteiger partial charge < -0.3 is 20.1 Å². The Morgan fingerprint density at radius 1 is 1.30 bits per heavy atom. The van der Waals surface area contributed by atoms with E-state index in [-0.39, 0.29) is 33.8 Å². The first kappa shape index (κ1) is 15.6. The van der Waals surface area contributed by atoms with Gasteiger partial charge in [-0.1, -0.05) is 0 Å². The first-order chi connectivity index (χ1) is 10.9. The summed E-state index contributed by atoms with van der Waals surface area (Å²) in [6, 6.07) is 7.56. The van der Waals surface area contributed by atoms with Crippen LogP contribution in [0.5, 0.6) is 0 Å². The molecule has 0 aliphatic heterocycles. The molecule has 3 N–H and O–H groups in total. The Balaban J connectivity index is 2.87. The number of nitrogen functional groups attached to an aromatic ring is 1. The Hall–Kier alpha value is -3.78. The Morgan fingerprint density at radius 2 is 2.00 bits per heavy atom. The summed E-state index contributed by atoms with van der Waals surface area (Å²) >= 11 is 0. The van der Waals surface area contributed by atoms with E-state index in [9.17, 15) is 14.7 Å². The summed E-state index contributed by atoms with van der Waals surface area (Å²) in [5.41, 5.74) is 5.51. The maximum Gasteiger partial charge on any atom is 0.357 e. The average molecular weight is 310 g/mol. The maximum absolute atomic E-state index is 11.9. The van der Waals surface area contributed by atoms with E-state index in [0.717, 1.165) is 11.7 Å².